The van der Waals surface area contributed by atoms with Gasteiger partial charge in [-0.05, 0) is 117 Å². The molecule has 3 aliphatic rings. The van der Waals surface area contributed by atoms with Gasteiger partial charge in [-0.1, -0.05) is 146 Å². The Morgan fingerprint density at radius 3 is 2.15 bits per heavy atom. The maximum absolute atomic E-state index is 8.63. The number of aromatic nitrogens is 3. The van der Waals surface area contributed by atoms with Gasteiger partial charge in [-0.2, -0.15) is 0 Å². The van der Waals surface area contributed by atoms with E-state index in [1.54, 1.807) is 6.07 Å². The molecule has 7 aromatic carbocycles. The Kier molecular flexibility index (Phi) is 10.4. The predicted molar refractivity (Wildman–Crippen MR) is 289 cm³/mol. The van der Waals surface area contributed by atoms with Gasteiger partial charge in [0.05, 0.1) is 28.1 Å². The zero-order valence-electron chi connectivity index (χ0n) is 44.7. The number of rotatable bonds is 4. The Balaban J connectivity index is 0.000000296. The molecule has 0 aliphatic heterocycles. The van der Waals surface area contributed by atoms with Gasteiger partial charge in [-0.25, -0.2) is 0 Å². The van der Waals surface area contributed by atoms with E-state index in [4.69, 9.17) is 17.9 Å². The van der Waals surface area contributed by atoms with E-state index in [-0.39, 0.29) is 47.3 Å². The molecule has 11 aromatic rings. The average molecular weight is 1110 g/mol. The molecule has 4 heterocycles. The minimum atomic E-state index is -2.42. The van der Waals surface area contributed by atoms with E-state index >= 15 is 0 Å². The number of benzene rings is 7. The van der Waals surface area contributed by atoms with Gasteiger partial charge in [0.1, 0.15) is 16.7 Å². The Morgan fingerprint density at radius 1 is 0.662 bits per heavy atom. The van der Waals surface area contributed by atoms with Crippen molar-refractivity contribution in [2.75, 3.05) is 0 Å². The first-order valence-electron chi connectivity index (χ1n) is 26.2. The van der Waals surface area contributed by atoms with Crippen LogP contribution in [0.3, 0.4) is 0 Å². The van der Waals surface area contributed by atoms with Crippen LogP contribution in [-0.2, 0) is 41.8 Å². The van der Waals surface area contributed by atoms with Gasteiger partial charge in [0.25, 0.3) is 0 Å². The second kappa shape index (κ2) is 17.0. The number of nitrogens with zero attached hydrogens (tertiary/aromatic N) is 3. The van der Waals surface area contributed by atoms with Crippen molar-refractivity contribution in [3.05, 3.63) is 186 Å². The number of pyridine rings is 1. The summed E-state index contributed by atoms with van der Waals surface area (Å²) in [6, 6.07) is 54.3. The van der Waals surface area contributed by atoms with Crippen molar-refractivity contribution in [1.82, 2.24) is 14.5 Å². The van der Waals surface area contributed by atoms with E-state index in [0.29, 0.717) is 38.9 Å². The fourth-order valence-corrected chi connectivity index (χ4v) is 11.5. The molecule has 5 nitrogen and oxygen atoms in total. The van der Waals surface area contributed by atoms with E-state index < -0.39 is 6.85 Å². The zero-order valence-corrected chi connectivity index (χ0v) is 44.1. The molecule has 1 saturated carbocycles. The Morgan fingerprint density at radius 2 is 1.39 bits per heavy atom. The summed E-state index contributed by atoms with van der Waals surface area (Å²) in [4.78, 5) is 9.74. The second-order valence-electron chi connectivity index (χ2n) is 22.4. The molecule has 0 unspecified atom stereocenters. The van der Waals surface area contributed by atoms with Crippen LogP contribution in [0.5, 0.6) is 0 Å². The average Bonchev–Trinajstić information content (AvgIpc) is 4.06. The number of aryl methyl sites for hydroxylation is 1. The molecule has 1 fully saturated rings. The molecular formula is C65H59IrN3O2-2. The molecule has 71 heavy (non-hydrogen) atoms. The van der Waals surface area contributed by atoms with E-state index in [2.05, 4.69) is 138 Å². The van der Waals surface area contributed by atoms with Gasteiger partial charge >= 0.3 is 0 Å². The quantitative estimate of drug-likeness (QED) is 0.165. The summed E-state index contributed by atoms with van der Waals surface area (Å²) < 4.78 is 41.3. The van der Waals surface area contributed by atoms with Crippen LogP contribution in [0.1, 0.15) is 113 Å². The van der Waals surface area contributed by atoms with Gasteiger partial charge in [-0.3, -0.25) is 4.98 Å². The van der Waals surface area contributed by atoms with Crippen molar-refractivity contribution in [3.8, 4) is 39.5 Å². The number of fused-ring (bicyclic) bond motifs is 9. The monoisotopic (exact) mass is 1110 g/mol. The Hall–Kier alpha value is -6.59. The molecule has 0 amide bonds. The molecule has 0 spiro atoms. The maximum Gasteiger partial charge on any atom is 0.136 e. The summed E-state index contributed by atoms with van der Waals surface area (Å²) in [6.45, 7) is 15.9. The fraction of sp³-hybridized carbons (Fsp3) is 0.262. The fourth-order valence-electron chi connectivity index (χ4n) is 11.5. The first-order chi connectivity index (χ1) is 34.8. The SMILES string of the molecule is CC(C)(C)c1ccnc(-c2[c-]cccc2)c1.[2H]C([2H])([2H])c1c[c-]c(-c2nc3ccccc3n2-c2c(-c3ccc4c(c3)C3(C)CCC4(C)CC3)cccc2C(C)(C)C)c2oc3cc4c(cc3c12)oc1ccccc14.[Ir]. The summed E-state index contributed by atoms with van der Waals surface area (Å²) in [7, 11) is 0. The normalized spacial score (nSPS) is 18.5. The summed E-state index contributed by atoms with van der Waals surface area (Å²) in [5.41, 5.74) is 16.2. The molecule has 2 bridgehead atoms. The summed E-state index contributed by atoms with van der Waals surface area (Å²) >= 11 is 0. The molecule has 0 saturated heterocycles. The number of hydrogen-bond donors (Lipinski definition) is 0. The zero-order chi connectivity index (χ0) is 50.8. The van der Waals surface area contributed by atoms with Crippen LogP contribution in [0.4, 0.5) is 0 Å². The van der Waals surface area contributed by atoms with Crippen molar-refractivity contribution < 1.29 is 33.1 Å². The Labute approximate surface area is 434 Å². The van der Waals surface area contributed by atoms with Gasteiger partial charge < -0.3 is 18.4 Å². The largest absolute Gasteiger partial charge is 0.501 e. The molecule has 1 radical (unpaired) electrons. The first kappa shape index (κ1) is 43.2. The molecule has 6 heteroatoms. The first-order valence-corrected chi connectivity index (χ1v) is 24.7. The van der Waals surface area contributed by atoms with Crippen LogP contribution < -0.4 is 0 Å². The number of imidazole rings is 1. The number of para-hydroxylation sites is 4. The summed E-state index contributed by atoms with van der Waals surface area (Å²) in [5.74, 6) is 0.640. The van der Waals surface area contributed by atoms with Crippen LogP contribution in [0.15, 0.2) is 155 Å². The molecule has 4 aromatic heterocycles. The molecule has 357 valence electrons. The van der Waals surface area contributed by atoms with Crippen LogP contribution in [0.25, 0.3) is 94.4 Å². The molecule has 0 N–H and O–H groups in total. The van der Waals surface area contributed by atoms with Crippen molar-refractivity contribution in [3.63, 3.8) is 0 Å². The summed E-state index contributed by atoms with van der Waals surface area (Å²) in [6.07, 6.45) is 6.77. The van der Waals surface area contributed by atoms with E-state index in [1.165, 1.54) is 53.5 Å². The maximum atomic E-state index is 8.63. The molecule has 3 aliphatic carbocycles. The van der Waals surface area contributed by atoms with E-state index in [1.807, 2.05) is 79.0 Å². The minimum absolute atomic E-state index is 0. The van der Waals surface area contributed by atoms with Crippen LogP contribution in [0.2, 0.25) is 0 Å². The number of hydrogen-bond acceptors (Lipinski definition) is 4. The predicted octanol–water partition coefficient (Wildman–Crippen LogP) is 17.5. The third-order valence-corrected chi connectivity index (χ3v) is 15.6. The molecular weight excluding hydrogens is 1050 g/mol. The van der Waals surface area contributed by atoms with Crippen molar-refractivity contribution in [2.24, 2.45) is 0 Å². The summed E-state index contributed by atoms with van der Waals surface area (Å²) in [5, 5.41) is 3.09. The molecule has 14 rings (SSSR count). The van der Waals surface area contributed by atoms with Crippen LogP contribution in [-0.4, -0.2) is 14.5 Å². The smallest absolute Gasteiger partial charge is 0.136 e. The van der Waals surface area contributed by atoms with Gasteiger partial charge in [0, 0.05) is 52.1 Å². The van der Waals surface area contributed by atoms with Crippen LogP contribution >= 0.6 is 0 Å². The van der Waals surface area contributed by atoms with Gasteiger partial charge in [0.2, 0.25) is 0 Å². The van der Waals surface area contributed by atoms with Gasteiger partial charge in [0.15, 0.2) is 0 Å². The second-order valence-corrected chi connectivity index (χ2v) is 22.4. The van der Waals surface area contributed by atoms with Crippen molar-refractivity contribution in [1.29, 1.82) is 0 Å². The van der Waals surface area contributed by atoms with Crippen molar-refractivity contribution in [2.45, 2.75) is 110 Å². The number of furan rings is 2. The van der Waals surface area contributed by atoms with E-state index in [0.717, 1.165) is 49.9 Å². The topological polar surface area (TPSA) is 57.0 Å². The minimum Gasteiger partial charge on any atom is -0.501 e. The Bertz CT molecular complexity index is 3970. The van der Waals surface area contributed by atoms with Crippen LogP contribution in [0, 0.1) is 19.0 Å². The van der Waals surface area contributed by atoms with Crippen molar-refractivity contribution >= 4 is 54.9 Å². The van der Waals surface area contributed by atoms with E-state index in [9.17, 15) is 0 Å². The third-order valence-electron chi connectivity index (χ3n) is 15.6. The van der Waals surface area contributed by atoms with Gasteiger partial charge in [-0.15, -0.1) is 53.6 Å². The third kappa shape index (κ3) is 7.77. The standard InChI is InChI=1S/C50H43N2O2.C15H16N.Ir/c1-29-18-20-33(46-44(29)35-28-42-34(27-43(35)54-46)32-12-7-10-17-41(32)53-42)47-51-39-15-8-9-16-40(39)52(47)45-31(13-11-14-37(45)48(2,3)4)30-19-21-36-38(26-30)50(6)24-22-49(36,5)23-25-50;1-15(2,3)13-9-10-16-14(11-13)12-7-5-4-6-8-12;/h7-19,21,26-28H,22-25H2,1-6H3;4-7,9-11H,1-3H3;/q2*-1;/i1D3;;. The molecule has 0 atom stereocenters.